The molecule has 1 aromatic carbocycles. The molecular weight excluding hydrogens is 248 g/mol. The summed E-state index contributed by atoms with van der Waals surface area (Å²) in [5, 5.41) is 4.69. The molecule has 2 N–H and O–H groups in total. The molecule has 0 atom stereocenters. The molecule has 0 bridgehead atoms. The van der Waals surface area contributed by atoms with Gasteiger partial charge >= 0.3 is 0 Å². The highest BCUT2D eigenvalue weighted by Gasteiger charge is 2.21. The van der Waals surface area contributed by atoms with Gasteiger partial charge in [-0.2, -0.15) is 9.61 Å². The van der Waals surface area contributed by atoms with Crippen LogP contribution in [-0.2, 0) is 12.8 Å². The van der Waals surface area contributed by atoms with Crippen molar-refractivity contribution in [2.45, 2.75) is 26.2 Å². The van der Waals surface area contributed by atoms with Crippen molar-refractivity contribution in [1.82, 2.24) is 14.6 Å². The molecule has 3 aromatic rings. The fourth-order valence-electron chi connectivity index (χ4n) is 3.04. The normalized spacial score (nSPS) is 13.8. The predicted octanol–water partition coefficient (Wildman–Crippen LogP) is 2.78. The molecule has 0 unspecified atom stereocenters. The molecule has 0 amide bonds. The lowest BCUT2D eigenvalue weighted by Gasteiger charge is -2.05. The maximum Gasteiger partial charge on any atom is 0.161 e. The standard InChI is InChI=1S/C16H16N4/c1-10-14(11-6-3-2-4-7-11)19-20-15(17)12-8-5-9-13(12)18-16(10)20/h2-4,6-7H,5,8-9,17H2,1H3. The highest BCUT2D eigenvalue weighted by atomic mass is 15.3. The van der Waals surface area contributed by atoms with Crippen molar-refractivity contribution in [1.29, 1.82) is 0 Å². The van der Waals surface area contributed by atoms with Gasteiger partial charge in [-0.15, -0.1) is 0 Å². The topological polar surface area (TPSA) is 56.2 Å². The van der Waals surface area contributed by atoms with Crippen LogP contribution in [0.4, 0.5) is 5.82 Å². The minimum atomic E-state index is 0.757. The lowest BCUT2D eigenvalue weighted by molar-refractivity contribution is 0.901. The summed E-state index contributed by atoms with van der Waals surface area (Å²) in [7, 11) is 0. The number of nitrogens with zero attached hydrogens (tertiary/aromatic N) is 3. The van der Waals surface area contributed by atoms with Gasteiger partial charge in [0.05, 0.1) is 5.69 Å². The van der Waals surface area contributed by atoms with Crippen molar-refractivity contribution in [3.05, 3.63) is 47.2 Å². The van der Waals surface area contributed by atoms with E-state index < -0.39 is 0 Å². The van der Waals surface area contributed by atoms with E-state index in [-0.39, 0.29) is 0 Å². The fourth-order valence-corrected chi connectivity index (χ4v) is 3.04. The number of fused-ring (bicyclic) bond motifs is 2. The second-order valence-corrected chi connectivity index (χ2v) is 5.35. The maximum atomic E-state index is 6.29. The Morgan fingerprint density at radius 1 is 1.15 bits per heavy atom. The van der Waals surface area contributed by atoms with E-state index in [0.29, 0.717) is 0 Å². The van der Waals surface area contributed by atoms with Crippen LogP contribution >= 0.6 is 0 Å². The number of nitrogen functional groups attached to an aromatic ring is 1. The van der Waals surface area contributed by atoms with Crippen LogP contribution in [0, 0.1) is 6.92 Å². The van der Waals surface area contributed by atoms with E-state index in [1.807, 2.05) is 22.7 Å². The number of nitrogens with two attached hydrogens (primary N) is 1. The summed E-state index contributed by atoms with van der Waals surface area (Å²) in [4.78, 5) is 4.78. The minimum absolute atomic E-state index is 0.757. The average Bonchev–Trinajstić information content (AvgIpc) is 3.07. The zero-order valence-electron chi connectivity index (χ0n) is 11.4. The maximum absolute atomic E-state index is 6.29. The Morgan fingerprint density at radius 3 is 2.75 bits per heavy atom. The largest absolute Gasteiger partial charge is 0.383 e. The molecule has 1 aliphatic carbocycles. The smallest absolute Gasteiger partial charge is 0.161 e. The SMILES string of the molecule is Cc1c(-c2ccccc2)nn2c(N)c3c(nc12)CCC3. The van der Waals surface area contributed by atoms with Gasteiger partial charge in [-0.1, -0.05) is 30.3 Å². The first-order valence-corrected chi connectivity index (χ1v) is 6.97. The van der Waals surface area contributed by atoms with Gasteiger partial charge in [0.2, 0.25) is 0 Å². The van der Waals surface area contributed by atoms with Crippen molar-refractivity contribution in [3.63, 3.8) is 0 Å². The molecule has 2 heterocycles. The van der Waals surface area contributed by atoms with Crippen molar-refractivity contribution in [2.75, 3.05) is 5.73 Å². The number of hydrogen-bond acceptors (Lipinski definition) is 3. The van der Waals surface area contributed by atoms with Crippen LogP contribution in [-0.4, -0.2) is 14.6 Å². The van der Waals surface area contributed by atoms with Gasteiger partial charge in [-0.05, 0) is 26.2 Å². The number of anilines is 1. The van der Waals surface area contributed by atoms with E-state index in [0.717, 1.165) is 53.2 Å². The molecule has 4 rings (SSSR count). The molecule has 0 saturated carbocycles. The molecule has 2 aromatic heterocycles. The summed E-state index contributed by atoms with van der Waals surface area (Å²) < 4.78 is 1.81. The van der Waals surface area contributed by atoms with Gasteiger partial charge in [0, 0.05) is 22.4 Å². The van der Waals surface area contributed by atoms with Crippen molar-refractivity contribution in [2.24, 2.45) is 0 Å². The monoisotopic (exact) mass is 264 g/mol. The number of aromatic nitrogens is 3. The fraction of sp³-hybridized carbons (Fsp3) is 0.250. The van der Waals surface area contributed by atoms with Crippen LogP contribution in [0.25, 0.3) is 16.9 Å². The second-order valence-electron chi connectivity index (χ2n) is 5.35. The Bertz CT molecular complexity index is 802. The van der Waals surface area contributed by atoms with E-state index >= 15 is 0 Å². The summed E-state index contributed by atoms with van der Waals surface area (Å²) in [6.45, 7) is 2.07. The summed E-state index contributed by atoms with van der Waals surface area (Å²) in [5.41, 5.74) is 12.7. The van der Waals surface area contributed by atoms with E-state index in [2.05, 4.69) is 24.2 Å². The zero-order valence-corrected chi connectivity index (χ0v) is 11.4. The molecule has 0 fully saturated rings. The number of rotatable bonds is 1. The van der Waals surface area contributed by atoms with Gasteiger partial charge in [-0.25, -0.2) is 4.98 Å². The first-order chi connectivity index (χ1) is 9.75. The Balaban J connectivity index is 2.03. The van der Waals surface area contributed by atoms with Crippen molar-refractivity contribution < 1.29 is 0 Å². The third-order valence-electron chi connectivity index (χ3n) is 4.11. The number of hydrogen-bond donors (Lipinski definition) is 1. The van der Waals surface area contributed by atoms with Gasteiger partial charge in [0.1, 0.15) is 5.82 Å². The summed E-state index contributed by atoms with van der Waals surface area (Å²) in [6, 6.07) is 10.2. The summed E-state index contributed by atoms with van der Waals surface area (Å²) >= 11 is 0. The summed E-state index contributed by atoms with van der Waals surface area (Å²) in [5.74, 6) is 0.757. The highest BCUT2D eigenvalue weighted by molar-refractivity contribution is 5.72. The Hall–Kier alpha value is -2.36. The molecule has 0 aliphatic heterocycles. The minimum Gasteiger partial charge on any atom is -0.383 e. The van der Waals surface area contributed by atoms with Crippen LogP contribution in [0.5, 0.6) is 0 Å². The van der Waals surface area contributed by atoms with Gasteiger partial charge < -0.3 is 5.73 Å². The molecule has 100 valence electrons. The highest BCUT2D eigenvalue weighted by Crippen LogP contribution is 2.31. The Morgan fingerprint density at radius 2 is 1.95 bits per heavy atom. The number of aryl methyl sites for hydroxylation is 2. The molecule has 0 radical (unpaired) electrons. The van der Waals surface area contributed by atoms with Gasteiger partial charge in [-0.3, -0.25) is 0 Å². The van der Waals surface area contributed by atoms with E-state index in [4.69, 9.17) is 10.7 Å². The van der Waals surface area contributed by atoms with Crippen molar-refractivity contribution in [3.8, 4) is 11.3 Å². The summed E-state index contributed by atoms with van der Waals surface area (Å²) in [6.07, 6.45) is 3.19. The van der Waals surface area contributed by atoms with E-state index in [1.54, 1.807) is 0 Å². The Labute approximate surface area is 117 Å². The first-order valence-electron chi connectivity index (χ1n) is 6.97. The van der Waals surface area contributed by atoms with Crippen LogP contribution < -0.4 is 5.73 Å². The van der Waals surface area contributed by atoms with Crippen molar-refractivity contribution >= 4 is 11.5 Å². The lowest BCUT2D eigenvalue weighted by Crippen LogP contribution is -2.06. The number of benzene rings is 1. The molecule has 4 nitrogen and oxygen atoms in total. The first kappa shape index (κ1) is 11.5. The van der Waals surface area contributed by atoms with Crippen LogP contribution in [0.1, 0.15) is 23.2 Å². The molecule has 1 aliphatic rings. The molecule has 4 heteroatoms. The van der Waals surface area contributed by atoms with Crippen LogP contribution in [0.15, 0.2) is 30.3 Å². The second kappa shape index (κ2) is 4.07. The molecule has 0 saturated heterocycles. The quantitative estimate of drug-likeness (QED) is 0.735. The average molecular weight is 264 g/mol. The predicted molar refractivity (Wildman–Crippen MR) is 79.6 cm³/mol. The Kier molecular flexibility index (Phi) is 2.33. The van der Waals surface area contributed by atoms with Crippen LogP contribution in [0.3, 0.4) is 0 Å². The van der Waals surface area contributed by atoms with Crippen LogP contribution in [0.2, 0.25) is 0 Å². The third kappa shape index (κ3) is 1.48. The van der Waals surface area contributed by atoms with Gasteiger partial charge in [0.15, 0.2) is 5.65 Å². The third-order valence-corrected chi connectivity index (χ3v) is 4.11. The molecular formula is C16H16N4. The van der Waals surface area contributed by atoms with E-state index in [9.17, 15) is 0 Å². The van der Waals surface area contributed by atoms with E-state index in [1.165, 1.54) is 5.56 Å². The zero-order chi connectivity index (χ0) is 13.7. The molecule has 20 heavy (non-hydrogen) atoms. The lowest BCUT2D eigenvalue weighted by atomic mass is 10.1. The molecule has 0 spiro atoms. The van der Waals surface area contributed by atoms with Gasteiger partial charge in [0.25, 0.3) is 0 Å².